The summed E-state index contributed by atoms with van der Waals surface area (Å²) in [4.78, 5) is 0. The molecule has 0 aliphatic heterocycles. The summed E-state index contributed by atoms with van der Waals surface area (Å²) in [5.41, 5.74) is 2.52. The van der Waals surface area contributed by atoms with Gasteiger partial charge in [-0.25, -0.2) is 4.39 Å². The number of para-hydroxylation sites is 1. The van der Waals surface area contributed by atoms with Crippen molar-refractivity contribution in [3.8, 4) is 17.1 Å². The van der Waals surface area contributed by atoms with Crippen LogP contribution in [0, 0.1) is 5.82 Å². The lowest BCUT2D eigenvalue weighted by Crippen LogP contribution is -2.00. The molecule has 1 heterocycles. The molecule has 0 atom stereocenters. The van der Waals surface area contributed by atoms with E-state index in [0.717, 1.165) is 21.1 Å². The van der Waals surface area contributed by atoms with Crippen molar-refractivity contribution >= 4 is 27.7 Å². The van der Waals surface area contributed by atoms with Crippen LogP contribution in [0.5, 0.6) is 0 Å². The molecule has 0 saturated heterocycles. The molecule has 27 heavy (non-hydrogen) atoms. The maximum Gasteiger partial charge on any atom is 0.196 e. The Balaban J connectivity index is 1.73. The van der Waals surface area contributed by atoms with Crippen molar-refractivity contribution in [2.45, 2.75) is 10.9 Å². The summed E-state index contributed by atoms with van der Waals surface area (Å²) in [6.07, 6.45) is 0. The standard InChI is InChI=1S/C21H15BrFN3S/c22-16-12-10-15(11-13-16)14-27-21-25-24-20(18-8-4-5-9-19(18)23)26(21)17-6-2-1-3-7-17/h1-13H,14H2. The molecule has 0 unspecified atom stereocenters. The van der Waals surface area contributed by atoms with Crippen molar-refractivity contribution in [1.82, 2.24) is 14.8 Å². The molecular formula is C21H15BrFN3S. The summed E-state index contributed by atoms with van der Waals surface area (Å²) in [5, 5.41) is 9.36. The van der Waals surface area contributed by atoms with Crippen molar-refractivity contribution < 1.29 is 4.39 Å². The lowest BCUT2D eigenvalue weighted by atomic mass is 10.2. The van der Waals surface area contributed by atoms with Gasteiger partial charge in [-0.3, -0.25) is 4.57 Å². The molecule has 0 bridgehead atoms. The lowest BCUT2D eigenvalue weighted by molar-refractivity contribution is 0.629. The normalized spacial score (nSPS) is 10.9. The molecule has 1 aromatic heterocycles. The van der Waals surface area contributed by atoms with Crippen LogP contribution in [0.1, 0.15) is 5.56 Å². The summed E-state index contributed by atoms with van der Waals surface area (Å²) in [6, 6.07) is 24.6. The van der Waals surface area contributed by atoms with Gasteiger partial charge in [0.15, 0.2) is 11.0 Å². The average molecular weight is 440 g/mol. The van der Waals surface area contributed by atoms with Crippen LogP contribution >= 0.6 is 27.7 Å². The third kappa shape index (κ3) is 3.96. The molecule has 0 fully saturated rings. The van der Waals surface area contributed by atoms with Crippen molar-refractivity contribution in [1.29, 1.82) is 0 Å². The zero-order valence-corrected chi connectivity index (χ0v) is 16.6. The van der Waals surface area contributed by atoms with Crippen LogP contribution < -0.4 is 0 Å². The molecular weight excluding hydrogens is 425 g/mol. The zero-order chi connectivity index (χ0) is 18.6. The van der Waals surface area contributed by atoms with Crippen molar-refractivity contribution in [3.63, 3.8) is 0 Å². The lowest BCUT2D eigenvalue weighted by Gasteiger charge is -2.11. The first kappa shape index (κ1) is 17.9. The van der Waals surface area contributed by atoms with Gasteiger partial charge in [0.05, 0.1) is 5.56 Å². The largest absolute Gasteiger partial charge is 0.270 e. The van der Waals surface area contributed by atoms with E-state index in [4.69, 9.17) is 0 Å². The summed E-state index contributed by atoms with van der Waals surface area (Å²) < 4.78 is 17.3. The van der Waals surface area contributed by atoms with E-state index in [1.807, 2.05) is 47.0 Å². The molecule has 6 heteroatoms. The highest BCUT2D eigenvalue weighted by Gasteiger charge is 2.18. The van der Waals surface area contributed by atoms with Crippen molar-refractivity contribution in [3.05, 3.63) is 94.7 Å². The highest BCUT2D eigenvalue weighted by Crippen LogP contribution is 2.31. The SMILES string of the molecule is Fc1ccccc1-c1nnc(SCc2ccc(Br)cc2)n1-c1ccccc1. The Hall–Kier alpha value is -2.44. The minimum atomic E-state index is -0.313. The Morgan fingerprint density at radius 3 is 2.30 bits per heavy atom. The number of nitrogens with zero attached hydrogens (tertiary/aromatic N) is 3. The van der Waals surface area contributed by atoms with Gasteiger partial charge in [-0.1, -0.05) is 70.2 Å². The Morgan fingerprint density at radius 1 is 0.852 bits per heavy atom. The molecule has 0 N–H and O–H groups in total. The number of halogens is 2. The van der Waals surface area contributed by atoms with Gasteiger partial charge in [0.25, 0.3) is 0 Å². The Bertz CT molecular complexity index is 1050. The fraction of sp³-hybridized carbons (Fsp3) is 0.0476. The van der Waals surface area contributed by atoms with E-state index in [9.17, 15) is 4.39 Å². The van der Waals surface area contributed by atoms with Crippen LogP contribution in [0.2, 0.25) is 0 Å². The fourth-order valence-corrected chi connectivity index (χ4v) is 3.89. The first-order valence-corrected chi connectivity index (χ1v) is 10.1. The minimum Gasteiger partial charge on any atom is -0.270 e. The van der Waals surface area contributed by atoms with Crippen LogP contribution in [-0.4, -0.2) is 14.8 Å². The van der Waals surface area contributed by atoms with Crippen LogP contribution in [0.3, 0.4) is 0 Å². The highest BCUT2D eigenvalue weighted by molar-refractivity contribution is 9.10. The molecule has 0 amide bonds. The highest BCUT2D eigenvalue weighted by atomic mass is 79.9. The van der Waals surface area contributed by atoms with E-state index in [1.165, 1.54) is 11.6 Å². The number of aromatic nitrogens is 3. The average Bonchev–Trinajstić information content (AvgIpc) is 3.12. The molecule has 4 rings (SSSR count). The summed E-state index contributed by atoms with van der Waals surface area (Å²) in [7, 11) is 0. The van der Waals surface area contributed by atoms with Gasteiger partial charge in [0.1, 0.15) is 5.82 Å². The van der Waals surface area contributed by atoms with Crippen LogP contribution in [0.25, 0.3) is 17.1 Å². The number of rotatable bonds is 5. The summed E-state index contributed by atoms with van der Waals surface area (Å²) >= 11 is 5.02. The topological polar surface area (TPSA) is 30.7 Å². The zero-order valence-electron chi connectivity index (χ0n) is 14.2. The minimum absolute atomic E-state index is 0.313. The van der Waals surface area contributed by atoms with Crippen LogP contribution in [-0.2, 0) is 5.75 Å². The van der Waals surface area contributed by atoms with E-state index in [-0.39, 0.29) is 5.82 Å². The summed E-state index contributed by atoms with van der Waals surface area (Å²) in [6.45, 7) is 0. The van der Waals surface area contributed by atoms with Crippen LogP contribution in [0.15, 0.2) is 88.5 Å². The molecule has 0 aliphatic carbocycles. The maximum atomic E-state index is 14.4. The molecule has 4 aromatic rings. The van der Waals surface area contributed by atoms with Gasteiger partial charge >= 0.3 is 0 Å². The second kappa shape index (κ2) is 8.06. The van der Waals surface area contributed by atoms with Crippen molar-refractivity contribution in [2.24, 2.45) is 0 Å². The van der Waals surface area contributed by atoms with Crippen LogP contribution in [0.4, 0.5) is 4.39 Å². The molecule has 134 valence electrons. The second-order valence-corrected chi connectivity index (χ2v) is 7.73. The van der Waals surface area contributed by atoms with Gasteiger partial charge in [-0.05, 0) is 42.0 Å². The number of hydrogen-bond donors (Lipinski definition) is 0. The van der Waals surface area contributed by atoms with Gasteiger partial charge in [-0.2, -0.15) is 0 Å². The van der Waals surface area contributed by atoms with E-state index in [1.54, 1.807) is 30.0 Å². The quantitative estimate of drug-likeness (QED) is 0.350. The Kier molecular flexibility index (Phi) is 5.36. The number of benzene rings is 3. The molecule has 0 radical (unpaired) electrons. The Labute approximate surface area is 169 Å². The smallest absolute Gasteiger partial charge is 0.196 e. The first-order chi connectivity index (χ1) is 13.2. The fourth-order valence-electron chi connectivity index (χ4n) is 2.72. The maximum absolute atomic E-state index is 14.4. The molecule has 0 aliphatic rings. The molecule has 3 aromatic carbocycles. The van der Waals surface area contributed by atoms with E-state index < -0.39 is 0 Å². The van der Waals surface area contributed by atoms with E-state index in [2.05, 4.69) is 38.3 Å². The third-order valence-electron chi connectivity index (χ3n) is 4.04. The monoisotopic (exact) mass is 439 g/mol. The molecule has 0 spiro atoms. The van der Waals surface area contributed by atoms with Gasteiger partial charge in [-0.15, -0.1) is 10.2 Å². The van der Waals surface area contributed by atoms with E-state index in [0.29, 0.717) is 11.4 Å². The van der Waals surface area contributed by atoms with Gasteiger partial charge < -0.3 is 0 Å². The first-order valence-electron chi connectivity index (χ1n) is 8.35. The van der Waals surface area contributed by atoms with E-state index >= 15 is 0 Å². The third-order valence-corrected chi connectivity index (χ3v) is 5.57. The Morgan fingerprint density at radius 2 is 1.56 bits per heavy atom. The second-order valence-electron chi connectivity index (χ2n) is 5.87. The predicted octanol–water partition coefficient (Wildman–Crippen LogP) is 6.13. The molecule has 0 saturated carbocycles. The summed E-state index contributed by atoms with van der Waals surface area (Å²) in [5.74, 6) is 0.930. The predicted molar refractivity (Wildman–Crippen MR) is 110 cm³/mol. The van der Waals surface area contributed by atoms with Gasteiger partial charge in [0.2, 0.25) is 0 Å². The number of hydrogen-bond acceptors (Lipinski definition) is 3. The van der Waals surface area contributed by atoms with Crippen molar-refractivity contribution in [2.75, 3.05) is 0 Å². The number of thioether (sulfide) groups is 1. The van der Waals surface area contributed by atoms with Gasteiger partial charge in [0, 0.05) is 15.9 Å². The molecule has 3 nitrogen and oxygen atoms in total.